The lowest BCUT2D eigenvalue weighted by molar-refractivity contribution is -0.149. The molecule has 19 heavy (non-hydrogen) atoms. The number of aryl methyl sites for hydroxylation is 2. The zero-order valence-corrected chi connectivity index (χ0v) is 11.3. The van der Waals surface area contributed by atoms with Gasteiger partial charge in [0.25, 0.3) is 0 Å². The molecule has 1 atom stereocenters. The molecule has 1 N–H and O–H groups in total. The van der Waals surface area contributed by atoms with Crippen LogP contribution in [0.15, 0.2) is 4.52 Å². The van der Waals surface area contributed by atoms with Crippen molar-refractivity contribution < 1.29 is 19.2 Å². The molecule has 0 aromatic carbocycles. The van der Waals surface area contributed by atoms with E-state index in [4.69, 9.17) is 9.63 Å². The van der Waals surface area contributed by atoms with Gasteiger partial charge in [0.2, 0.25) is 5.91 Å². The molecule has 6 nitrogen and oxygen atoms in total. The van der Waals surface area contributed by atoms with Crippen molar-refractivity contribution in [2.45, 2.75) is 52.1 Å². The molecule has 104 valence electrons. The standard InChI is InChI=1S/C13H18N2O4/c1-7-11(9(3)19-14-7)6-12(16)15(10-4-5-10)8(2)13(17)18/h8,10H,4-6H2,1-3H3,(H,17,18). The van der Waals surface area contributed by atoms with Crippen LogP contribution in [0.1, 0.15) is 36.8 Å². The van der Waals surface area contributed by atoms with E-state index in [2.05, 4.69) is 5.16 Å². The van der Waals surface area contributed by atoms with Gasteiger partial charge >= 0.3 is 5.97 Å². The lowest BCUT2D eigenvalue weighted by atomic mass is 10.1. The Bertz CT molecular complexity index is 485. The van der Waals surface area contributed by atoms with Gasteiger partial charge in [0.1, 0.15) is 11.8 Å². The van der Waals surface area contributed by atoms with E-state index >= 15 is 0 Å². The van der Waals surface area contributed by atoms with Crippen LogP contribution in [0.3, 0.4) is 0 Å². The van der Waals surface area contributed by atoms with Crippen LogP contribution in [-0.4, -0.2) is 39.1 Å². The summed E-state index contributed by atoms with van der Waals surface area (Å²) in [6.45, 7) is 5.08. The Morgan fingerprint density at radius 3 is 2.53 bits per heavy atom. The molecule has 1 aromatic rings. The fourth-order valence-electron chi connectivity index (χ4n) is 2.20. The predicted octanol–water partition coefficient (Wildman–Crippen LogP) is 1.30. The highest BCUT2D eigenvalue weighted by molar-refractivity contribution is 5.85. The summed E-state index contributed by atoms with van der Waals surface area (Å²) in [6, 6.07) is -0.723. The number of carbonyl (C=O) groups excluding carboxylic acids is 1. The topological polar surface area (TPSA) is 83.6 Å². The van der Waals surface area contributed by atoms with E-state index < -0.39 is 12.0 Å². The summed E-state index contributed by atoms with van der Waals surface area (Å²) < 4.78 is 5.02. The summed E-state index contributed by atoms with van der Waals surface area (Å²) in [5.41, 5.74) is 1.44. The van der Waals surface area contributed by atoms with Crippen LogP contribution >= 0.6 is 0 Å². The number of amides is 1. The summed E-state index contributed by atoms with van der Waals surface area (Å²) >= 11 is 0. The number of aromatic nitrogens is 1. The maximum absolute atomic E-state index is 12.3. The molecule has 2 rings (SSSR count). The van der Waals surface area contributed by atoms with E-state index in [-0.39, 0.29) is 18.4 Å². The summed E-state index contributed by atoms with van der Waals surface area (Å²) in [5.74, 6) is -0.532. The zero-order chi connectivity index (χ0) is 14.2. The molecule has 1 aromatic heterocycles. The molecule has 1 aliphatic rings. The van der Waals surface area contributed by atoms with Gasteiger partial charge in [-0.25, -0.2) is 4.79 Å². The first kappa shape index (κ1) is 13.6. The summed E-state index contributed by atoms with van der Waals surface area (Å²) in [5, 5.41) is 12.9. The first-order valence-corrected chi connectivity index (χ1v) is 6.37. The number of hydrogen-bond acceptors (Lipinski definition) is 4. The van der Waals surface area contributed by atoms with Gasteiger partial charge in [-0.15, -0.1) is 0 Å². The first-order chi connectivity index (χ1) is 8.91. The van der Waals surface area contributed by atoms with E-state index in [1.165, 1.54) is 4.90 Å². The molecule has 1 unspecified atom stereocenters. The fourth-order valence-corrected chi connectivity index (χ4v) is 2.20. The summed E-state index contributed by atoms with van der Waals surface area (Å²) in [7, 11) is 0. The normalized spacial score (nSPS) is 16.2. The van der Waals surface area contributed by atoms with Crippen molar-refractivity contribution >= 4 is 11.9 Å². The van der Waals surface area contributed by atoms with Crippen molar-refractivity contribution in [1.82, 2.24) is 10.1 Å². The van der Waals surface area contributed by atoms with Gasteiger partial charge in [0.15, 0.2) is 0 Å². The van der Waals surface area contributed by atoms with Crippen LogP contribution in [-0.2, 0) is 16.0 Å². The third-order valence-corrected chi connectivity index (χ3v) is 3.51. The predicted molar refractivity (Wildman–Crippen MR) is 66.6 cm³/mol. The molecular weight excluding hydrogens is 248 g/mol. The van der Waals surface area contributed by atoms with E-state index in [1.54, 1.807) is 20.8 Å². The van der Waals surface area contributed by atoms with E-state index in [0.29, 0.717) is 11.5 Å². The van der Waals surface area contributed by atoms with Crippen molar-refractivity contribution in [3.8, 4) is 0 Å². The van der Waals surface area contributed by atoms with Crippen LogP contribution in [0.5, 0.6) is 0 Å². The lowest BCUT2D eigenvalue weighted by Gasteiger charge is -2.26. The highest BCUT2D eigenvalue weighted by Gasteiger charge is 2.38. The van der Waals surface area contributed by atoms with E-state index in [0.717, 1.165) is 18.4 Å². The van der Waals surface area contributed by atoms with Crippen LogP contribution in [0.4, 0.5) is 0 Å². The number of aliphatic carboxylic acids is 1. The SMILES string of the molecule is Cc1noc(C)c1CC(=O)N(C1CC1)C(C)C(=O)O. The molecule has 0 saturated heterocycles. The smallest absolute Gasteiger partial charge is 0.326 e. The van der Waals surface area contributed by atoms with Crippen molar-refractivity contribution in [3.05, 3.63) is 17.0 Å². The van der Waals surface area contributed by atoms with Crippen LogP contribution in [0.2, 0.25) is 0 Å². The highest BCUT2D eigenvalue weighted by Crippen LogP contribution is 2.30. The van der Waals surface area contributed by atoms with Crippen molar-refractivity contribution in [2.75, 3.05) is 0 Å². The number of nitrogens with zero attached hydrogens (tertiary/aromatic N) is 2. The lowest BCUT2D eigenvalue weighted by Crippen LogP contribution is -2.45. The highest BCUT2D eigenvalue weighted by atomic mass is 16.5. The Kier molecular flexibility index (Phi) is 3.59. The van der Waals surface area contributed by atoms with Crippen LogP contribution in [0.25, 0.3) is 0 Å². The average Bonchev–Trinajstić information content (AvgIpc) is 3.12. The number of carboxylic acids is 1. The molecule has 0 aliphatic heterocycles. The Balaban J connectivity index is 2.14. The summed E-state index contributed by atoms with van der Waals surface area (Å²) in [6.07, 6.45) is 1.91. The minimum atomic E-state index is -0.973. The molecule has 0 radical (unpaired) electrons. The largest absolute Gasteiger partial charge is 0.480 e. The number of carboxylic acid groups (broad SMARTS) is 1. The zero-order valence-electron chi connectivity index (χ0n) is 11.3. The maximum Gasteiger partial charge on any atom is 0.326 e. The van der Waals surface area contributed by atoms with Crippen molar-refractivity contribution in [3.63, 3.8) is 0 Å². The molecule has 6 heteroatoms. The number of hydrogen-bond donors (Lipinski definition) is 1. The number of rotatable bonds is 5. The Hall–Kier alpha value is -1.85. The van der Waals surface area contributed by atoms with E-state index in [1.807, 2.05) is 0 Å². The summed E-state index contributed by atoms with van der Waals surface area (Å²) in [4.78, 5) is 24.9. The Morgan fingerprint density at radius 2 is 2.11 bits per heavy atom. The average molecular weight is 266 g/mol. The third kappa shape index (κ3) is 2.77. The second kappa shape index (κ2) is 5.03. The molecule has 1 heterocycles. The quantitative estimate of drug-likeness (QED) is 0.868. The Labute approximate surface area is 111 Å². The minimum absolute atomic E-state index is 0.0686. The first-order valence-electron chi connectivity index (χ1n) is 6.37. The van der Waals surface area contributed by atoms with Gasteiger partial charge in [-0.1, -0.05) is 5.16 Å². The fraction of sp³-hybridized carbons (Fsp3) is 0.615. The van der Waals surface area contributed by atoms with Gasteiger partial charge < -0.3 is 14.5 Å². The van der Waals surface area contributed by atoms with Gasteiger partial charge in [0.05, 0.1) is 12.1 Å². The van der Waals surface area contributed by atoms with Gasteiger partial charge in [-0.3, -0.25) is 4.79 Å². The van der Waals surface area contributed by atoms with Gasteiger partial charge in [-0.05, 0) is 33.6 Å². The van der Waals surface area contributed by atoms with Crippen molar-refractivity contribution in [1.29, 1.82) is 0 Å². The monoisotopic (exact) mass is 266 g/mol. The number of carbonyl (C=O) groups is 2. The van der Waals surface area contributed by atoms with Gasteiger partial charge in [-0.2, -0.15) is 0 Å². The molecular formula is C13H18N2O4. The van der Waals surface area contributed by atoms with Crippen LogP contribution < -0.4 is 0 Å². The maximum atomic E-state index is 12.3. The van der Waals surface area contributed by atoms with Crippen LogP contribution in [0, 0.1) is 13.8 Å². The molecule has 0 spiro atoms. The molecule has 1 saturated carbocycles. The van der Waals surface area contributed by atoms with Gasteiger partial charge in [0, 0.05) is 11.6 Å². The minimum Gasteiger partial charge on any atom is -0.480 e. The van der Waals surface area contributed by atoms with E-state index in [9.17, 15) is 9.59 Å². The second-order valence-corrected chi connectivity index (χ2v) is 5.03. The second-order valence-electron chi connectivity index (χ2n) is 5.03. The Morgan fingerprint density at radius 1 is 1.47 bits per heavy atom. The molecule has 1 amide bonds. The third-order valence-electron chi connectivity index (χ3n) is 3.51. The van der Waals surface area contributed by atoms with Crippen molar-refractivity contribution in [2.24, 2.45) is 0 Å². The molecule has 1 aliphatic carbocycles. The molecule has 0 bridgehead atoms. The molecule has 1 fully saturated rings.